The van der Waals surface area contributed by atoms with Gasteiger partial charge in [0.2, 0.25) is 0 Å². The molecule has 8 heteroatoms. The second-order valence-electron chi connectivity index (χ2n) is 12.2. The van der Waals surface area contributed by atoms with Crippen molar-refractivity contribution in [3.8, 4) is 11.5 Å². The Labute approximate surface area is 226 Å². The number of hydrogen-bond donors (Lipinski definition) is 0. The van der Waals surface area contributed by atoms with E-state index in [0.717, 1.165) is 37.0 Å². The minimum Gasteiger partial charge on any atom is -0.487 e. The maximum atomic E-state index is 12.8. The van der Waals surface area contributed by atoms with Gasteiger partial charge in [-0.15, -0.1) is 0 Å². The molecule has 0 radical (unpaired) electrons. The Balaban J connectivity index is 1.58. The molecule has 2 fully saturated rings. The van der Waals surface area contributed by atoms with Crippen LogP contribution in [0.15, 0.2) is 29.8 Å². The summed E-state index contributed by atoms with van der Waals surface area (Å²) in [6.45, 7) is 13.2. The van der Waals surface area contributed by atoms with Crippen LogP contribution in [0.25, 0.3) is 0 Å². The van der Waals surface area contributed by atoms with E-state index in [0.29, 0.717) is 18.8 Å². The van der Waals surface area contributed by atoms with Gasteiger partial charge in [-0.05, 0) is 79.4 Å². The van der Waals surface area contributed by atoms with Gasteiger partial charge in [-0.3, -0.25) is 0 Å². The van der Waals surface area contributed by atoms with Gasteiger partial charge in [0.15, 0.2) is 6.61 Å². The summed E-state index contributed by atoms with van der Waals surface area (Å²) in [5.41, 5.74) is 1.30. The molecule has 3 aliphatic rings. The van der Waals surface area contributed by atoms with Crippen LogP contribution in [0, 0.1) is 11.8 Å². The number of ether oxygens (including phenoxy) is 5. The number of allylic oxidation sites excluding steroid dienone is 2. The molecule has 0 bridgehead atoms. The second kappa shape index (κ2) is 11.2. The number of esters is 1. The molecule has 1 amide bonds. The lowest BCUT2D eigenvalue weighted by atomic mass is 9.68. The number of likely N-dealkylation sites (tertiary alicyclic amines) is 1. The van der Waals surface area contributed by atoms with E-state index in [9.17, 15) is 9.59 Å². The summed E-state index contributed by atoms with van der Waals surface area (Å²) >= 11 is 0. The lowest BCUT2D eigenvalue weighted by Gasteiger charge is -2.54. The maximum absolute atomic E-state index is 12.8. The molecule has 2 saturated heterocycles. The first-order chi connectivity index (χ1) is 17.9. The van der Waals surface area contributed by atoms with Crippen molar-refractivity contribution in [2.75, 3.05) is 26.8 Å². The number of carbonyl (C=O) groups excluding carboxylic acids is 2. The minimum atomic E-state index is -0.522. The van der Waals surface area contributed by atoms with Crippen molar-refractivity contribution in [1.82, 2.24) is 4.90 Å². The van der Waals surface area contributed by atoms with Crippen LogP contribution in [0.2, 0.25) is 0 Å². The molecule has 0 unspecified atom stereocenters. The molecule has 0 spiro atoms. The van der Waals surface area contributed by atoms with Crippen LogP contribution in [0.5, 0.6) is 11.5 Å². The summed E-state index contributed by atoms with van der Waals surface area (Å²) in [7, 11) is 1.34. The maximum Gasteiger partial charge on any atom is 0.410 e. The molecule has 5 atom stereocenters. The molecule has 210 valence electrons. The molecule has 3 heterocycles. The van der Waals surface area contributed by atoms with E-state index in [2.05, 4.69) is 26.8 Å². The number of benzene rings is 1. The van der Waals surface area contributed by atoms with Crippen molar-refractivity contribution in [1.29, 1.82) is 0 Å². The van der Waals surface area contributed by atoms with E-state index in [4.69, 9.17) is 23.7 Å². The summed E-state index contributed by atoms with van der Waals surface area (Å²) < 4.78 is 29.6. The average Bonchev–Trinajstić information content (AvgIpc) is 2.84. The first-order valence-electron chi connectivity index (χ1n) is 13.7. The van der Waals surface area contributed by atoms with Crippen LogP contribution in [0.1, 0.15) is 78.9 Å². The van der Waals surface area contributed by atoms with Gasteiger partial charge in [-0.1, -0.05) is 11.6 Å². The van der Waals surface area contributed by atoms with Crippen LogP contribution in [0.4, 0.5) is 4.79 Å². The summed E-state index contributed by atoms with van der Waals surface area (Å²) in [5.74, 6) is 1.20. The molecule has 0 aliphatic carbocycles. The molecule has 4 rings (SSSR count). The summed E-state index contributed by atoms with van der Waals surface area (Å²) in [5, 5.41) is 0. The van der Waals surface area contributed by atoms with Crippen molar-refractivity contribution in [3.63, 3.8) is 0 Å². The first kappa shape index (κ1) is 28.3. The molecule has 3 aliphatic heterocycles. The third-order valence-electron chi connectivity index (χ3n) is 7.76. The molecule has 1 aromatic rings. The monoisotopic (exact) mass is 529 g/mol. The summed E-state index contributed by atoms with van der Waals surface area (Å²) in [4.78, 5) is 26.2. The van der Waals surface area contributed by atoms with Gasteiger partial charge >= 0.3 is 12.1 Å². The molecule has 1 aromatic carbocycles. The third-order valence-corrected chi connectivity index (χ3v) is 7.76. The van der Waals surface area contributed by atoms with E-state index in [-0.39, 0.29) is 36.7 Å². The van der Waals surface area contributed by atoms with Gasteiger partial charge in [-0.2, -0.15) is 0 Å². The van der Waals surface area contributed by atoms with Crippen LogP contribution >= 0.6 is 0 Å². The van der Waals surface area contributed by atoms with Crippen molar-refractivity contribution in [2.45, 2.75) is 90.6 Å². The third kappa shape index (κ3) is 6.45. The molecule has 0 N–H and O–H groups in total. The van der Waals surface area contributed by atoms with Crippen molar-refractivity contribution in [2.24, 2.45) is 11.8 Å². The summed E-state index contributed by atoms with van der Waals surface area (Å²) in [6, 6.07) is 5.70. The highest BCUT2D eigenvalue weighted by molar-refractivity contribution is 5.71. The fourth-order valence-corrected chi connectivity index (χ4v) is 5.84. The molecular weight excluding hydrogens is 486 g/mol. The number of methoxy groups -OCH3 is 1. The number of rotatable bonds is 6. The smallest absolute Gasteiger partial charge is 0.410 e. The highest BCUT2D eigenvalue weighted by Crippen LogP contribution is 2.54. The number of nitrogens with zero attached hydrogens (tertiary/aromatic N) is 1. The Hall–Kier alpha value is -2.74. The van der Waals surface area contributed by atoms with Gasteiger partial charge in [-0.25, -0.2) is 9.59 Å². The van der Waals surface area contributed by atoms with Gasteiger partial charge in [0, 0.05) is 36.6 Å². The fourth-order valence-electron chi connectivity index (χ4n) is 5.84. The Morgan fingerprint density at radius 3 is 2.68 bits per heavy atom. The largest absolute Gasteiger partial charge is 0.487 e. The van der Waals surface area contributed by atoms with Crippen LogP contribution in [0.3, 0.4) is 0 Å². The number of piperidine rings is 1. The van der Waals surface area contributed by atoms with Crippen molar-refractivity contribution in [3.05, 3.63) is 35.4 Å². The Kier molecular flexibility index (Phi) is 8.31. The number of amides is 1. The van der Waals surface area contributed by atoms with Crippen LogP contribution in [-0.2, 0) is 19.0 Å². The minimum absolute atomic E-state index is 0.0677. The highest BCUT2D eigenvalue weighted by atomic mass is 16.6. The van der Waals surface area contributed by atoms with Crippen LogP contribution in [-0.4, -0.2) is 61.1 Å². The Morgan fingerprint density at radius 1 is 1.24 bits per heavy atom. The number of carbonyl (C=O) groups is 2. The lowest BCUT2D eigenvalue weighted by Crippen LogP contribution is -2.57. The highest BCUT2D eigenvalue weighted by Gasteiger charge is 2.53. The van der Waals surface area contributed by atoms with E-state index in [1.54, 1.807) is 0 Å². The zero-order valence-corrected chi connectivity index (χ0v) is 23.9. The quantitative estimate of drug-likeness (QED) is 0.338. The number of fused-ring (bicyclic) bond motifs is 4. The lowest BCUT2D eigenvalue weighted by molar-refractivity contribution is -0.191. The van der Waals surface area contributed by atoms with Gasteiger partial charge in [0.05, 0.1) is 19.3 Å². The zero-order valence-electron chi connectivity index (χ0n) is 23.9. The van der Waals surface area contributed by atoms with Gasteiger partial charge in [0.25, 0.3) is 0 Å². The molecule has 8 nitrogen and oxygen atoms in total. The SMILES string of the molecule is COC(=O)COc1ccc2c(c1)O[C@](C)(CCC=C(C)C)[C@H]1C[C@H]3CN(C(=O)OC(C)(C)C)CC[C@@H]3O[C@H]21. The van der Waals surface area contributed by atoms with Crippen molar-refractivity contribution >= 4 is 12.1 Å². The standard InChI is InChI=1S/C30H43NO7/c1-19(2)9-8-13-30(6)23-15-20-17-31(28(33)38-29(3,4)5)14-12-24(20)36-27(23)22-11-10-21(16-25(22)37-30)35-18-26(32)34-7/h9-11,16,20,23-24,27H,8,12-15,17-18H2,1-7H3/t20-,23-,24-,27+,30+/m0/s1. The van der Waals surface area contributed by atoms with Crippen molar-refractivity contribution < 1.29 is 33.3 Å². The predicted molar refractivity (Wildman–Crippen MR) is 143 cm³/mol. The van der Waals surface area contributed by atoms with E-state index in [1.165, 1.54) is 12.7 Å². The van der Waals surface area contributed by atoms with Gasteiger partial charge in [0.1, 0.15) is 22.7 Å². The number of hydrogen-bond acceptors (Lipinski definition) is 7. The normalized spacial score (nSPS) is 28.1. The van der Waals surface area contributed by atoms with E-state index < -0.39 is 17.2 Å². The Bertz CT molecular complexity index is 1060. The van der Waals surface area contributed by atoms with E-state index in [1.807, 2.05) is 43.9 Å². The predicted octanol–water partition coefficient (Wildman–Crippen LogP) is 5.84. The topological polar surface area (TPSA) is 83.5 Å². The van der Waals surface area contributed by atoms with Gasteiger partial charge < -0.3 is 28.6 Å². The fraction of sp³-hybridized carbons (Fsp3) is 0.667. The van der Waals surface area contributed by atoms with Crippen LogP contribution < -0.4 is 9.47 Å². The zero-order chi connectivity index (χ0) is 27.7. The molecule has 0 aromatic heterocycles. The molecule has 38 heavy (non-hydrogen) atoms. The van der Waals surface area contributed by atoms with E-state index >= 15 is 0 Å². The second-order valence-corrected chi connectivity index (χ2v) is 12.2. The summed E-state index contributed by atoms with van der Waals surface area (Å²) in [6.07, 6.45) is 5.35. The average molecular weight is 530 g/mol. The first-order valence-corrected chi connectivity index (χ1v) is 13.7. The molecular formula is C30H43NO7. The molecule has 0 saturated carbocycles. The Morgan fingerprint density at radius 2 is 2.00 bits per heavy atom.